The van der Waals surface area contributed by atoms with Gasteiger partial charge in [0.05, 0.1) is 0 Å². The van der Waals surface area contributed by atoms with Crippen LogP contribution in [0.3, 0.4) is 0 Å². The van der Waals surface area contributed by atoms with Gasteiger partial charge in [-0.1, -0.05) is 25.7 Å². The average molecular weight is 194 g/mol. The number of hydrogen-bond donors (Lipinski definition) is 0. The van der Waals surface area contributed by atoms with Crippen LogP contribution in [0.15, 0.2) is 37.5 Å². The third-order valence-corrected chi connectivity index (χ3v) is 2.29. The lowest BCUT2D eigenvalue weighted by Crippen LogP contribution is -2.23. The molecule has 0 heterocycles. The number of carbonyl (C=O) groups excluding carboxylic acids is 1. The third-order valence-electron chi connectivity index (χ3n) is 2.29. The van der Waals surface area contributed by atoms with Gasteiger partial charge >= 0.3 is 5.97 Å². The number of hydrogen-bond acceptors (Lipinski definition) is 2. The highest BCUT2D eigenvalue weighted by molar-refractivity contribution is 5.86. The van der Waals surface area contributed by atoms with Crippen LogP contribution in [-0.2, 0) is 9.53 Å². The predicted octanol–water partition coefficient (Wildman–Crippen LogP) is 2.87. The Labute approximate surface area is 86.0 Å². The van der Waals surface area contributed by atoms with Crippen LogP contribution in [0, 0.1) is 5.41 Å². The lowest BCUT2D eigenvalue weighted by molar-refractivity contribution is -0.140. The SMILES string of the molecule is C=CC(C=C)(CC)COC(=O)C(=C)C. The van der Waals surface area contributed by atoms with Gasteiger partial charge in [-0.3, -0.25) is 0 Å². The summed E-state index contributed by atoms with van der Waals surface area (Å²) in [6.07, 6.45) is 4.32. The topological polar surface area (TPSA) is 26.3 Å². The summed E-state index contributed by atoms with van der Waals surface area (Å²) in [6.45, 7) is 14.8. The molecule has 0 aliphatic heterocycles. The van der Waals surface area contributed by atoms with Gasteiger partial charge < -0.3 is 4.74 Å². The van der Waals surface area contributed by atoms with Crippen LogP contribution in [0.25, 0.3) is 0 Å². The summed E-state index contributed by atoms with van der Waals surface area (Å²) in [4.78, 5) is 11.1. The van der Waals surface area contributed by atoms with Gasteiger partial charge in [-0.2, -0.15) is 0 Å². The zero-order chi connectivity index (χ0) is 11.2. The number of rotatable bonds is 6. The maximum absolute atomic E-state index is 11.1. The van der Waals surface area contributed by atoms with E-state index in [-0.39, 0.29) is 18.0 Å². The van der Waals surface area contributed by atoms with Crippen molar-refractivity contribution in [2.75, 3.05) is 6.61 Å². The summed E-state index contributed by atoms with van der Waals surface area (Å²) in [5.41, 5.74) is 0.0913. The van der Waals surface area contributed by atoms with E-state index in [2.05, 4.69) is 19.7 Å². The molecule has 0 aromatic rings. The molecule has 0 amide bonds. The summed E-state index contributed by atoms with van der Waals surface area (Å²) < 4.78 is 5.06. The zero-order valence-corrected chi connectivity index (χ0v) is 9.01. The normalized spacial score (nSPS) is 10.4. The zero-order valence-electron chi connectivity index (χ0n) is 9.01. The van der Waals surface area contributed by atoms with Gasteiger partial charge in [0.15, 0.2) is 0 Å². The van der Waals surface area contributed by atoms with Crippen LogP contribution < -0.4 is 0 Å². The van der Waals surface area contributed by atoms with E-state index in [1.807, 2.05) is 6.92 Å². The van der Waals surface area contributed by atoms with Crippen LogP contribution in [0.2, 0.25) is 0 Å². The van der Waals surface area contributed by atoms with Crippen molar-refractivity contribution in [3.63, 3.8) is 0 Å². The monoisotopic (exact) mass is 194 g/mol. The first kappa shape index (κ1) is 12.7. The molecule has 0 atom stereocenters. The van der Waals surface area contributed by atoms with Crippen LogP contribution in [0.4, 0.5) is 0 Å². The molecule has 0 rings (SSSR count). The van der Waals surface area contributed by atoms with Gasteiger partial charge in [0.1, 0.15) is 6.61 Å². The van der Waals surface area contributed by atoms with Crippen LogP contribution in [-0.4, -0.2) is 12.6 Å². The summed E-state index contributed by atoms with van der Waals surface area (Å²) in [5.74, 6) is -0.369. The molecule has 78 valence electrons. The van der Waals surface area contributed by atoms with Crippen molar-refractivity contribution in [2.45, 2.75) is 20.3 Å². The third kappa shape index (κ3) is 3.21. The predicted molar refractivity (Wildman–Crippen MR) is 58.9 cm³/mol. The second-order valence-electron chi connectivity index (χ2n) is 3.35. The molecular formula is C12H18O2. The van der Waals surface area contributed by atoms with E-state index in [4.69, 9.17) is 4.74 Å². The first-order chi connectivity index (χ1) is 6.51. The highest BCUT2D eigenvalue weighted by Crippen LogP contribution is 2.25. The van der Waals surface area contributed by atoms with Crippen molar-refractivity contribution < 1.29 is 9.53 Å². The molecular weight excluding hydrogens is 176 g/mol. The fraction of sp³-hybridized carbons (Fsp3) is 0.417. The molecule has 0 aliphatic rings. The Morgan fingerprint density at radius 2 is 1.93 bits per heavy atom. The first-order valence-electron chi connectivity index (χ1n) is 4.61. The van der Waals surface area contributed by atoms with Crippen molar-refractivity contribution in [2.24, 2.45) is 5.41 Å². The average Bonchev–Trinajstić information content (AvgIpc) is 2.20. The molecule has 0 unspecified atom stereocenters. The second kappa shape index (κ2) is 5.43. The van der Waals surface area contributed by atoms with Crippen molar-refractivity contribution in [3.8, 4) is 0 Å². The maximum Gasteiger partial charge on any atom is 0.333 e. The molecule has 0 saturated heterocycles. The van der Waals surface area contributed by atoms with Gasteiger partial charge in [-0.05, 0) is 13.3 Å². The molecule has 0 spiro atoms. The fourth-order valence-corrected chi connectivity index (χ4v) is 0.915. The van der Waals surface area contributed by atoms with Gasteiger partial charge in [-0.25, -0.2) is 4.79 Å². The van der Waals surface area contributed by atoms with Gasteiger partial charge in [0, 0.05) is 11.0 Å². The lowest BCUT2D eigenvalue weighted by atomic mass is 9.86. The Hall–Kier alpha value is -1.31. The smallest absolute Gasteiger partial charge is 0.333 e. The Balaban J connectivity index is 4.34. The van der Waals surface area contributed by atoms with Gasteiger partial charge in [0.2, 0.25) is 0 Å². The number of esters is 1. The molecule has 0 radical (unpaired) electrons. The minimum atomic E-state index is -0.369. The minimum absolute atomic E-state index is 0.280. The molecule has 0 fully saturated rings. The van der Waals surface area contributed by atoms with E-state index in [0.717, 1.165) is 6.42 Å². The molecule has 0 aromatic carbocycles. The van der Waals surface area contributed by atoms with Crippen LogP contribution >= 0.6 is 0 Å². The number of ether oxygens (including phenoxy) is 1. The van der Waals surface area contributed by atoms with Crippen LogP contribution in [0.5, 0.6) is 0 Å². The second-order valence-corrected chi connectivity index (χ2v) is 3.35. The molecule has 0 bridgehead atoms. The van der Waals surface area contributed by atoms with Crippen molar-refractivity contribution in [1.29, 1.82) is 0 Å². The highest BCUT2D eigenvalue weighted by atomic mass is 16.5. The van der Waals surface area contributed by atoms with Crippen LogP contribution in [0.1, 0.15) is 20.3 Å². The van der Waals surface area contributed by atoms with E-state index in [9.17, 15) is 4.79 Å². The summed E-state index contributed by atoms with van der Waals surface area (Å²) in [5, 5.41) is 0. The minimum Gasteiger partial charge on any atom is -0.461 e. The fourth-order valence-electron chi connectivity index (χ4n) is 0.915. The van der Waals surface area contributed by atoms with E-state index in [1.54, 1.807) is 19.1 Å². The van der Waals surface area contributed by atoms with Crippen molar-refractivity contribution in [1.82, 2.24) is 0 Å². The Bertz CT molecular complexity index is 243. The molecule has 14 heavy (non-hydrogen) atoms. The maximum atomic E-state index is 11.1. The summed E-state index contributed by atoms with van der Waals surface area (Å²) >= 11 is 0. The highest BCUT2D eigenvalue weighted by Gasteiger charge is 2.22. The largest absolute Gasteiger partial charge is 0.461 e. The molecule has 2 heteroatoms. The van der Waals surface area contributed by atoms with E-state index >= 15 is 0 Å². The Morgan fingerprint density at radius 1 is 1.43 bits per heavy atom. The van der Waals surface area contributed by atoms with E-state index in [1.165, 1.54) is 0 Å². The van der Waals surface area contributed by atoms with Gasteiger partial charge in [-0.15, -0.1) is 13.2 Å². The summed E-state index contributed by atoms with van der Waals surface area (Å²) in [6, 6.07) is 0. The molecule has 0 aromatic heterocycles. The molecule has 0 aliphatic carbocycles. The standard InChI is InChI=1S/C12H18O2/c1-6-12(7-2,8-3)9-14-11(13)10(4)5/h6-7H,1-2,4,8-9H2,3,5H3. The van der Waals surface area contributed by atoms with E-state index < -0.39 is 0 Å². The molecule has 0 saturated carbocycles. The van der Waals surface area contributed by atoms with Gasteiger partial charge in [0.25, 0.3) is 0 Å². The van der Waals surface area contributed by atoms with Crippen molar-refractivity contribution >= 4 is 5.97 Å². The van der Waals surface area contributed by atoms with E-state index in [0.29, 0.717) is 5.57 Å². The quantitative estimate of drug-likeness (QED) is 0.369. The lowest BCUT2D eigenvalue weighted by Gasteiger charge is -2.24. The molecule has 0 N–H and O–H groups in total. The van der Waals surface area contributed by atoms with Crippen molar-refractivity contribution in [3.05, 3.63) is 37.5 Å². The number of carbonyl (C=O) groups is 1. The molecule has 2 nitrogen and oxygen atoms in total. The Morgan fingerprint density at radius 3 is 2.21 bits per heavy atom. The summed E-state index contributed by atoms with van der Waals surface area (Å²) in [7, 11) is 0. The first-order valence-corrected chi connectivity index (χ1v) is 4.61. The Kier molecular flexibility index (Phi) is 4.92.